The number of nitriles is 1. The standard InChI is InChI=1S/C24H20N4O2/c25-17-19-5-1-2-7-23(19)30-22-12-14-28(15-13-22)24-11-10-20(26-27-24)9-8-18-4-3-6-21(29)16-18/h1-7,10-11,16,22,29H,12-15H2. The highest BCUT2D eigenvalue weighted by Crippen LogP contribution is 2.24. The molecule has 30 heavy (non-hydrogen) atoms. The van der Waals surface area contributed by atoms with Gasteiger partial charge >= 0.3 is 0 Å². The van der Waals surface area contributed by atoms with E-state index in [2.05, 4.69) is 33.0 Å². The first-order chi connectivity index (χ1) is 14.7. The zero-order valence-corrected chi connectivity index (χ0v) is 16.3. The molecule has 1 aromatic heterocycles. The predicted molar refractivity (Wildman–Crippen MR) is 113 cm³/mol. The average Bonchev–Trinajstić information content (AvgIpc) is 2.79. The minimum atomic E-state index is 0.0798. The smallest absolute Gasteiger partial charge is 0.151 e. The molecule has 1 aliphatic heterocycles. The number of aromatic hydroxyl groups is 1. The highest BCUT2D eigenvalue weighted by atomic mass is 16.5. The van der Waals surface area contributed by atoms with E-state index in [0.717, 1.165) is 37.3 Å². The second-order valence-electron chi connectivity index (χ2n) is 6.99. The summed E-state index contributed by atoms with van der Waals surface area (Å²) in [6.07, 6.45) is 1.78. The number of nitrogens with zero attached hydrogens (tertiary/aromatic N) is 4. The van der Waals surface area contributed by atoms with Crippen LogP contribution in [0, 0.1) is 23.2 Å². The minimum Gasteiger partial charge on any atom is -0.508 e. The summed E-state index contributed by atoms with van der Waals surface area (Å²) >= 11 is 0. The van der Waals surface area contributed by atoms with Crippen molar-refractivity contribution in [2.75, 3.05) is 18.0 Å². The summed E-state index contributed by atoms with van der Waals surface area (Å²) in [5, 5.41) is 27.2. The van der Waals surface area contributed by atoms with Gasteiger partial charge in [0.15, 0.2) is 5.82 Å². The first-order valence-electron chi connectivity index (χ1n) is 9.77. The Morgan fingerprint density at radius 3 is 2.53 bits per heavy atom. The second-order valence-corrected chi connectivity index (χ2v) is 6.99. The van der Waals surface area contributed by atoms with Crippen LogP contribution in [-0.4, -0.2) is 34.5 Å². The van der Waals surface area contributed by atoms with E-state index in [-0.39, 0.29) is 11.9 Å². The number of benzene rings is 2. The van der Waals surface area contributed by atoms with Crippen molar-refractivity contribution >= 4 is 5.82 Å². The SMILES string of the molecule is N#Cc1ccccc1OC1CCN(c2ccc(C#Cc3cccc(O)c3)nn2)CC1. The van der Waals surface area contributed by atoms with Gasteiger partial charge in [0, 0.05) is 31.5 Å². The van der Waals surface area contributed by atoms with Gasteiger partial charge in [-0.3, -0.25) is 0 Å². The van der Waals surface area contributed by atoms with E-state index in [1.807, 2.05) is 36.4 Å². The second kappa shape index (κ2) is 8.98. The fraction of sp³-hybridized carbons (Fsp3) is 0.208. The molecular formula is C24H20N4O2. The minimum absolute atomic E-state index is 0.0798. The van der Waals surface area contributed by atoms with E-state index in [0.29, 0.717) is 17.0 Å². The number of aromatic nitrogens is 2. The quantitative estimate of drug-likeness (QED) is 0.683. The molecule has 0 saturated carbocycles. The Morgan fingerprint density at radius 2 is 1.80 bits per heavy atom. The number of hydrogen-bond acceptors (Lipinski definition) is 6. The molecule has 2 aromatic carbocycles. The number of phenolic OH excluding ortho intramolecular Hbond substituents is 1. The van der Waals surface area contributed by atoms with E-state index >= 15 is 0 Å². The van der Waals surface area contributed by atoms with Crippen LogP contribution in [0.15, 0.2) is 60.7 Å². The largest absolute Gasteiger partial charge is 0.508 e. The third-order valence-corrected chi connectivity index (χ3v) is 4.90. The summed E-state index contributed by atoms with van der Waals surface area (Å²) in [6, 6.07) is 20.1. The van der Waals surface area contributed by atoms with Crippen molar-refractivity contribution in [3.05, 3.63) is 77.5 Å². The zero-order valence-electron chi connectivity index (χ0n) is 16.3. The van der Waals surface area contributed by atoms with Crippen molar-refractivity contribution < 1.29 is 9.84 Å². The zero-order chi connectivity index (χ0) is 20.8. The van der Waals surface area contributed by atoms with Crippen molar-refractivity contribution in [1.82, 2.24) is 10.2 Å². The Labute approximate surface area is 175 Å². The topological polar surface area (TPSA) is 82.3 Å². The van der Waals surface area contributed by atoms with Crippen LogP contribution in [0.4, 0.5) is 5.82 Å². The van der Waals surface area contributed by atoms with Gasteiger partial charge in [-0.05, 0) is 48.4 Å². The normalized spacial score (nSPS) is 13.8. The number of anilines is 1. The van der Waals surface area contributed by atoms with Crippen LogP contribution >= 0.6 is 0 Å². The molecule has 6 heteroatoms. The van der Waals surface area contributed by atoms with Gasteiger partial charge in [0.2, 0.25) is 0 Å². The summed E-state index contributed by atoms with van der Waals surface area (Å²) in [7, 11) is 0. The molecule has 3 aromatic rings. The fourth-order valence-electron chi connectivity index (χ4n) is 3.32. The Balaban J connectivity index is 1.35. The summed E-state index contributed by atoms with van der Waals surface area (Å²) in [6.45, 7) is 1.62. The van der Waals surface area contributed by atoms with Crippen molar-refractivity contribution in [3.63, 3.8) is 0 Å². The number of para-hydroxylation sites is 1. The van der Waals surface area contributed by atoms with Crippen LogP contribution in [-0.2, 0) is 0 Å². The summed E-state index contributed by atoms with van der Waals surface area (Å²) < 4.78 is 6.04. The molecule has 0 unspecified atom stereocenters. The number of hydrogen-bond donors (Lipinski definition) is 1. The third-order valence-electron chi connectivity index (χ3n) is 4.90. The van der Waals surface area contributed by atoms with Crippen molar-refractivity contribution in [2.24, 2.45) is 0 Å². The van der Waals surface area contributed by atoms with Gasteiger partial charge in [-0.2, -0.15) is 5.26 Å². The molecule has 0 bridgehead atoms. The highest BCUT2D eigenvalue weighted by Gasteiger charge is 2.22. The van der Waals surface area contributed by atoms with Gasteiger partial charge in [0.05, 0.1) is 5.56 Å². The first kappa shape index (κ1) is 19.3. The molecule has 4 rings (SSSR count). The molecule has 1 saturated heterocycles. The molecule has 1 N–H and O–H groups in total. The van der Waals surface area contributed by atoms with Crippen LogP contribution < -0.4 is 9.64 Å². The Kier molecular flexibility index (Phi) is 5.78. The Bertz CT molecular complexity index is 1120. The van der Waals surface area contributed by atoms with Crippen LogP contribution in [0.1, 0.15) is 29.7 Å². The van der Waals surface area contributed by atoms with E-state index in [1.54, 1.807) is 24.3 Å². The number of piperidine rings is 1. The maximum absolute atomic E-state index is 9.49. The van der Waals surface area contributed by atoms with Crippen LogP contribution in [0.25, 0.3) is 0 Å². The van der Waals surface area contributed by atoms with Crippen LogP contribution in [0.2, 0.25) is 0 Å². The van der Waals surface area contributed by atoms with E-state index in [1.165, 1.54) is 0 Å². The molecule has 2 heterocycles. The fourth-order valence-corrected chi connectivity index (χ4v) is 3.32. The maximum atomic E-state index is 9.49. The van der Waals surface area contributed by atoms with Gasteiger partial charge in [0.1, 0.15) is 29.4 Å². The predicted octanol–water partition coefficient (Wildman–Crippen LogP) is 3.50. The van der Waals surface area contributed by atoms with Crippen LogP contribution in [0.5, 0.6) is 11.5 Å². The lowest BCUT2D eigenvalue weighted by atomic mass is 10.1. The first-order valence-corrected chi connectivity index (χ1v) is 9.77. The lowest BCUT2D eigenvalue weighted by Crippen LogP contribution is -2.38. The monoisotopic (exact) mass is 396 g/mol. The highest BCUT2D eigenvalue weighted by molar-refractivity contribution is 5.45. The van der Waals surface area contributed by atoms with Crippen molar-refractivity contribution in [1.29, 1.82) is 5.26 Å². The molecular weight excluding hydrogens is 376 g/mol. The van der Waals surface area contributed by atoms with Gasteiger partial charge in [0.25, 0.3) is 0 Å². The van der Waals surface area contributed by atoms with Crippen molar-refractivity contribution in [2.45, 2.75) is 18.9 Å². The van der Waals surface area contributed by atoms with E-state index < -0.39 is 0 Å². The van der Waals surface area contributed by atoms with Gasteiger partial charge in [-0.1, -0.05) is 24.1 Å². The van der Waals surface area contributed by atoms with Crippen LogP contribution in [0.3, 0.4) is 0 Å². The van der Waals surface area contributed by atoms with E-state index in [4.69, 9.17) is 4.74 Å². The Hall–Kier alpha value is -4.03. The Morgan fingerprint density at radius 1 is 0.967 bits per heavy atom. The number of ether oxygens (including phenoxy) is 1. The van der Waals surface area contributed by atoms with Gasteiger partial charge in [-0.25, -0.2) is 0 Å². The molecule has 0 amide bonds. The molecule has 148 valence electrons. The van der Waals surface area contributed by atoms with Crippen molar-refractivity contribution in [3.8, 4) is 29.4 Å². The summed E-state index contributed by atoms with van der Waals surface area (Å²) in [4.78, 5) is 2.18. The van der Waals surface area contributed by atoms with Gasteiger partial charge < -0.3 is 14.7 Å². The molecule has 1 aliphatic rings. The summed E-state index contributed by atoms with van der Waals surface area (Å²) in [5.74, 6) is 7.58. The number of phenols is 1. The summed E-state index contributed by atoms with van der Waals surface area (Å²) in [5.41, 5.74) is 1.86. The molecule has 1 fully saturated rings. The maximum Gasteiger partial charge on any atom is 0.151 e. The lowest BCUT2D eigenvalue weighted by Gasteiger charge is -2.32. The average molecular weight is 396 g/mol. The molecule has 0 spiro atoms. The molecule has 0 radical (unpaired) electrons. The number of rotatable bonds is 3. The van der Waals surface area contributed by atoms with E-state index in [9.17, 15) is 10.4 Å². The molecule has 0 aliphatic carbocycles. The molecule has 0 atom stereocenters. The lowest BCUT2D eigenvalue weighted by molar-refractivity contribution is 0.170. The third kappa shape index (κ3) is 4.68. The van der Waals surface area contributed by atoms with Gasteiger partial charge in [-0.15, -0.1) is 10.2 Å². The molecule has 6 nitrogen and oxygen atoms in total.